The van der Waals surface area contributed by atoms with Crippen LogP contribution in [0.25, 0.3) is 11.3 Å². The number of aryl methyl sites for hydroxylation is 2. The summed E-state index contributed by atoms with van der Waals surface area (Å²) in [7, 11) is -3.37. The summed E-state index contributed by atoms with van der Waals surface area (Å²) >= 11 is 5.90. The maximum absolute atomic E-state index is 12.1. The number of nitrogens with zero attached hydrogens (tertiary/aromatic N) is 2. The van der Waals surface area contributed by atoms with Crippen LogP contribution in [0.3, 0.4) is 0 Å². The van der Waals surface area contributed by atoms with Crippen LogP contribution >= 0.6 is 11.6 Å². The lowest BCUT2D eigenvalue weighted by atomic mass is 10.1. The number of hydrogen-bond acceptors (Lipinski definition) is 4. The van der Waals surface area contributed by atoms with Crippen molar-refractivity contribution in [2.45, 2.75) is 19.4 Å². The minimum atomic E-state index is -3.37. The summed E-state index contributed by atoms with van der Waals surface area (Å²) in [4.78, 5) is 12.0. The van der Waals surface area contributed by atoms with Gasteiger partial charge in [0.1, 0.15) is 0 Å². The summed E-state index contributed by atoms with van der Waals surface area (Å²) in [5.41, 5.74) is 2.26. The van der Waals surface area contributed by atoms with Crippen LogP contribution in [0.15, 0.2) is 71.5 Å². The highest BCUT2D eigenvalue weighted by molar-refractivity contribution is 7.89. The topological polar surface area (TPSA) is 81.1 Å². The maximum Gasteiger partial charge on any atom is 0.266 e. The molecule has 3 aromatic rings. The van der Waals surface area contributed by atoms with Gasteiger partial charge in [0, 0.05) is 29.7 Å². The predicted octanol–water partition coefficient (Wildman–Crippen LogP) is 3.12. The molecule has 29 heavy (non-hydrogen) atoms. The minimum Gasteiger partial charge on any atom is -0.268 e. The summed E-state index contributed by atoms with van der Waals surface area (Å²) in [5, 5.41) is 4.99. The summed E-state index contributed by atoms with van der Waals surface area (Å²) in [6.07, 6.45) is 0.919. The van der Waals surface area contributed by atoms with Gasteiger partial charge >= 0.3 is 0 Å². The maximum atomic E-state index is 12.1. The fourth-order valence-electron chi connectivity index (χ4n) is 2.81. The van der Waals surface area contributed by atoms with E-state index >= 15 is 0 Å². The number of hydrogen-bond donors (Lipinski definition) is 1. The average Bonchev–Trinajstić information content (AvgIpc) is 2.72. The number of nitrogens with one attached hydrogen (secondary N) is 1. The molecule has 1 aromatic heterocycles. The van der Waals surface area contributed by atoms with E-state index in [2.05, 4.69) is 9.82 Å². The molecule has 0 saturated heterocycles. The monoisotopic (exact) mass is 431 g/mol. The fourth-order valence-corrected chi connectivity index (χ4v) is 4.04. The Kier molecular flexibility index (Phi) is 7.19. The summed E-state index contributed by atoms with van der Waals surface area (Å²) in [6, 6.07) is 19.8. The molecule has 0 amide bonds. The van der Waals surface area contributed by atoms with Gasteiger partial charge in [-0.05, 0) is 36.6 Å². The molecular formula is C21H22ClN3O3S. The van der Waals surface area contributed by atoms with E-state index in [1.165, 1.54) is 10.7 Å². The van der Waals surface area contributed by atoms with E-state index in [-0.39, 0.29) is 17.9 Å². The summed E-state index contributed by atoms with van der Waals surface area (Å²) < 4.78 is 28.2. The Balaban J connectivity index is 1.53. The minimum absolute atomic E-state index is 0.0290. The number of halogens is 1. The molecule has 152 valence electrons. The first-order chi connectivity index (χ1) is 13.9. The molecular weight excluding hydrogens is 410 g/mol. The zero-order chi connectivity index (χ0) is 20.7. The third kappa shape index (κ3) is 6.52. The summed E-state index contributed by atoms with van der Waals surface area (Å²) in [6.45, 7) is 0.567. The van der Waals surface area contributed by atoms with E-state index in [1.54, 1.807) is 18.2 Å². The Morgan fingerprint density at radius 3 is 2.41 bits per heavy atom. The lowest BCUT2D eigenvalue weighted by Crippen LogP contribution is -2.30. The Morgan fingerprint density at radius 1 is 0.966 bits per heavy atom. The highest BCUT2D eigenvalue weighted by atomic mass is 35.5. The van der Waals surface area contributed by atoms with Crippen molar-refractivity contribution < 1.29 is 8.42 Å². The van der Waals surface area contributed by atoms with Gasteiger partial charge in [-0.3, -0.25) is 4.79 Å². The molecule has 2 aromatic carbocycles. The van der Waals surface area contributed by atoms with Crippen molar-refractivity contribution in [3.05, 3.63) is 87.7 Å². The van der Waals surface area contributed by atoms with Crippen LogP contribution in [0.1, 0.15) is 12.0 Å². The van der Waals surface area contributed by atoms with E-state index in [0.29, 0.717) is 30.1 Å². The van der Waals surface area contributed by atoms with Gasteiger partial charge in [-0.25, -0.2) is 17.8 Å². The number of aromatic nitrogens is 2. The van der Waals surface area contributed by atoms with Gasteiger partial charge in [0.05, 0.1) is 11.4 Å². The first kappa shape index (κ1) is 21.2. The first-order valence-corrected chi connectivity index (χ1v) is 11.3. The Labute approximate surface area is 175 Å². The van der Waals surface area contributed by atoms with Gasteiger partial charge in [0.15, 0.2) is 0 Å². The molecule has 0 fully saturated rings. The van der Waals surface area contributed by atoms with Gasteiger partial charge in [-0.1, -0.05) is 54.1 Å². The standard InChI is InChI=1S/C21H22ClN3O3S/c22-19-9-7-18(8-10-19)20-11-12-21(26)25(24-20)15-4-14-23-29(27,28)16-13-17-5-2-1-3-6-17/h1-3,5-12,23H,4,13-16H2. The third-order valence-corrected chi connectivity index (χ3v) is 6.02. The average molecular weight is 432 g/mol. The molecule has 0 aliphatic carbocycles. The molecule has 6 nitrogen and oxygen atoms in total. The highest BCUT2D eigenvalue weighted by Gasteiger charge is 2.10. The zero-order valence-electron chi connectivity index (χ0n) is 15.8. The van der Waals surface area contributed by atoms with Crippen molar-refractivity contribution in [3.8, 4) is 11.3 Å². The predicted molar refractivity (Wildman–Crippen MR) is 115 cm³/mol. The van der Waals surface area contributed by atoms with Crippen molar-refractivity contribution in [2.24, 2.45) is 0 Å². The molecule has 0 radical (unpaired) electrons. The van der Waals surface area contributed by atoms with E-state index in [1.807, 2.05) is 42.5 Å². The quantitative estimate of drug-likeness (QED) is 0.528. The number of rotatable bonds is 9. The van der Waals surface area contributed by atoms with Crippen molar-refractivity contribution in [2.75, 3.05) is 12.3 Å². The summed E-state index contributed by atoms with van der Waals surface area (Å²) in [5.74, 6) is 0.0290. The van der Waals surface area contributed by atoms with Crippen molar-refractivity contribution >= 4 is 21.6 Å². The van der Waals surface area contributed by atoms with E-state index in [0.717, 1.165) is 11.1 Å². The van der Waals surface area contributed by atoms with Crippen LogP contribution < -0.4 is 10.3 Å². The van der Waals surface area contributed by atoms with Crippen LogP contribution in [0, 0.1) is 0 Å². The SMILES string of the molecule is O=c1ccc(-c2ccc(Cl)cc2)nn1CCCNS(=O)(=O)CCc1ccccc1. The van der Waals surface area contributed by atoms with Gasteiger partial charge in [-0.15, -0.1) is 0 Å². The lowest BCUT2D eigenvalue weighted by molar-refractivity contribution is 0.536. The second-order valence-electron chi connectivity index (χ2n) is 6.59. The third-order valence-electron chi connectivity index (χ3n) is 4.38. The molecule has 0 unspecified atom stereocenters. The van der Waals surface area contributed by atoms with Gasteiger partial charge in [-0.2, -0.15) is 5.10 Å². The molecule has 0 bridgehead atoms. The Hall–Kier alpha value is -2.48. The van der Waals surface area contributed by atoms with Crippen LogP contribution in [-0.4, -0.2) is 30.5 Å². The highest BCUT2D eigenvalue weighted by Crippen LogP contribution is 2.18. The Bertz CT molecular complexity index is 1100. The van der Waals surface area contributed by atoms with Gasteiger partial charge in [0.2, 0.25) is 10.0 Å². The smallest absolute Gasteiger partial charge is 0.266 e. The first-order valence-electron chi connectivity index (χ1n) is 9.28. The second-order valence-corrected chi connectivity index (χ2v) is 8.95. The van der Waals surface area contributed by atoms with Crippen LogP contribution in [0.2, 0.25) is 5.02 Å². The molecule has 0 aliphatic rings. The molecule has 8 heteroatoms. The lowest BCUT2D eigenvalue weighted by Gasteiger charge is -2.09. The molecule has 1 N–H and O–H groups in total. The van der Waals surface area contributed by atoms with E-state index in [4.69, 9.17) is 11.6 Å². The molecule has 0 aliphatic heterocycles. The fraction of sp³-hybridized carbons (Fsp3) is 0.238. The molecule has 3 rings (SSSR count). The number of sulfonamides is 1. The molecule has 0 atom stereocenters. The van der Waals surface area contributed by atoms with Crippen molar-refractivity contribution in [1.82, 2.24) is 14.5 Å². The molecule has 0 saturated carbocycles. The van der Waals surface area contributed by atoms with Crippen LogP contribution in [0.5, 0.6) is 0 Å². The van der Waals surface area contributed by atoms with Gasteiger partial charge in [0.25, 0.3) is 5.56 Å². The second kappa shape index (κ2) is 9.82. The van der Waals surface area contributed by atoms with Crippen LogP contribution in [0.4, 0.5) is 0 Å². The number of benzene rings is 2. The Morgan fingerprint density at radius 2 is 1.69 bits per heavy atom. The van der Waals surface area contributed by atoms with Gasteiger partial charge < -0.3 is 0 Å². The zero-order valence-corrected chi connectivity index (χ0v) is 17.4. The normalized spacial score (nSPS) is 11.5. The van der Waals surface area contributed by atoms with E-state index in [9.17, 15) is 13.2 Å². The molecule has 0 spiro atoms. The van der Waals surface area contributed by atoms with E-state index < -0.39 is 10.0 Å². The van der Waals surface area contributed by atoms with Crippen LogP contribution in [-0.2, 0) is 23.0 Å². The van der Waals surface area contributed by atoms with Crippen molar-refractivity contribution in [3.63, 3.8) is 0 Å². The molecule has 1 heterocycles. The largest absolute Gasteiger partial charge is 0.268 e. The van der Waals surface area contributed by atoms with Crippen molar-refractivity contribution in [1.29, 1.82) is 0 Å².